The number of rotatable bonds is 4. The fourth-order valence-corrected chi connectivity index (χ4v) is 3.46. The highest BCUT2D eigenvalue weighted by Gasteiger charge is 2.45. The van der Waals surface area contributed by atoms with E-state index >= 15 is 0 Å². The summed E-state index contributed by atoms with van der Waals surface area (Å²) in [6.07, 6.45) is 2.60. The highest BCUT2D eigenvalue weighted by Crippen LogP contribution is 2.39. The lowest BCUT2D eigenvalue weighted by Gasteiger charge is -2.33. The van der Waals surface area contributed by atoms with Gasteiger partial charge >= 0.3 is 6.09 Å². The summed E-state index contributed by atoms with van der Waals surface area (Å²) in [6.45, 7) is 0.124. The second-order valence-corrected chi connectivity index (χ2v) is 6.40. The molecular weight excluding hydrogens is 360 g/mol. The Kier molecular flexibility index (Phi) is 4.42. The zero-order valence-electron chi connectivity index (χ0n) is 14.7. The molecule has 10 heteroatoms. The number of nitrogens with zero attached hydrogens (tertiary/aromatic N) is 3. The van der Waals surface area contributed by atoms with Crippen LogP contribution in [-0.2, 0) is 15.9 Å². The van der Waals surface area contributed by atoms with Crippen molar-refractivity contribution in [2.75, 3.05) is 26.9 Å². The number of hydrogen-bond acceptors (Lipinski definition) is 5. The average Bonchev–Trinajstić information content (AvgIpc) is 3.25. The Bertz CT molecular complexity index is 984. The molecule has 27 heavy (non-hydrogen) atoms. The molecule has 1 fully saturated rings. The van der Waals surface area contributed by atoms with E-state index in [9.17, 15) is 13.6 Å². The number of methoxy groups -OCH3 is 1. The van der Waals surface area contributed by atoms with Gasteiger partial charge in [0.1, 0.15) is 23.0 Å². The first kappa shape index (κ1) is 17.7. The van der Waals surface area contributed by atoms with Crippen molar-refractivity contribution in [1.29, 1.82) is 0 Å². The van der Waals surface area contributed by atoms with Crippen LogP contribution in [-0.4, -0.2) is 58.4 Å². The molecule has 3 aromatic rings. The standard InChI is InChI=1S/C17H19F2N5O3/c1-26-16(25)21-6-3-13-23-11-8-22-15-10(2-5-20-15)14(11)24(13)12-9-27-7-4-17(12,18)19/h2,5,8,12H,3-4,6-7,9H2,1H3,(H,20,22)(H,21,25). The van der Waals surface area contributed by atoms with Crippen LogP contribution in [0.5, 0.6) is 0 Å². The third-order valence-electron chi connectivity index (χ3n) is 4.77. The Morgan fingerprint density at radius 1 is 1.56 bits per heavy atom. The first-order valence-electron chi connectivity index (χ1n) is 8.61. The number of alkyl carbamates (subject to hydrolysis) is 1. The molecule has 1 aliphatic heterocycles. The first-order chi connectivity index (χ1) is 13.0. The Hall–Kier alpha value is -2.75. The van der Waals surface area contributed by atoms with Crippen molar-refractivity contribution in [1.82, 2.24) is 24.8 Å². The van der Waals surface area contributed by atoms with Crippen LogP contribution in [0.3, 0.4) is 0 Å². The number of hydrogen-bond donors (Lipinski definition) is 2. The number of aromatic amines is 1. The number of halogens is 2. The van der Waals surface area contributed by atoms with E-state index in [1.165, 1.54) is 7.11 Å². The van der Waals surface area contributed by atoms with E-state index < -0.39 is 18.1 Å². The summed E-state index contributed by atoms with van der Waals surface area (Å²) < 4.78 is 40.9. The van der Waals surface area contributed by atoms with E-state index in [0.29, 0.717) is 27.9 Å². The topological polar surface area (TPSA) is 94.1 Å². The normalized spacial score (nSPS) is 19.4. The van der Waals surface area contributed by atoms with Crippen LogP contribution in [0, 0.1) is 0 Å². The highest BCUT2D eigenvalue weighted by molar-refractivity contribution is 6.01. The molecule has 0 saturated carbocycles. The number of amides is 1. The van der Waals surface area contributed by atoms with E-state index in [2.05, 4.69) is 25.0 Å². The van der Waals surface area contributed by atoms with Crippen LogP contribution in [0.4, 0.5) is 13.6 Å². The predicted octanol–water partition coefficient (Wildman–Crippen LogP) is 2.41. The lowest BCUT2D eigenvalue weighted by molar-refractivity contribution is -0.132. The minimum Gasteiger partial charge on any atom is -0.453 e. The summed E-state index contributed by atoms with van der Waals surface area (Å²) in [4.78, 5) is 23.1. The maximum Gasteiger partial charge on any atom is 0.406 e. The monoisotopic (exact) mass is 379 g/mol. The van der Waals surface area contributed by atoms with Crippen LogP contribution in [0.25, 0.3) is 22.1 Å². The number of alkyl halides is 2. The molecule has 4 heterocycles. The van der Waals surface area contributed by atoms with Crippen molar-refractivity contribution in [2.24, 2.45) is 0 Å². The van der Waals surface area contributed by atoms with Gasteiger partial charge < -0.3 is 24.3 Å². The Morgan fingerprint density at radius 2 is 2.41 bits per heavy atom. The Morgan fingerprint density at radius 3 is 3.19 bits per heavy atom. The Labute approximate surface area is 152 Å². The van der Waals surface area contributed by atoms with Gasteiger partial charge in [0.05, 0.1) is 32.0 Å². The number of pyridine rings is 1. The van der Waals surface area contributed by atoms with E-state index in [-0.39, 0.29) is 32.6 Å². The summed E-state index contributed by atoms with van der Waals surface area (Å²) >= 11 is 0. The molecule has 1 atom stereocenters. The van der Waals surface area contributed by atoms with Gasteiger partial charge in [0.25, 0.3) is 5.92 Å². The number of imidazole rings is 1. The number of ether oxygens (including phenoxy) is 2. The molecular formula is C17H19F2N5O3. The van der Waals surface area contributed by atoms with Crippen LogP contribution in [0.2, 0.25) is 0 Å². The molecule has 1 aliphatic rings. The van der Waals surface area contributed by atoms with Gasteiger partial charge in [-0.2, -0.15) is 0 Å². The first-order valence-corrected chi connectivity index (χ1v) is 8.61. The molecule has 1 unspecified atom stereocenters. The number of fused-ring (bicyclic) bond motifs is 3. The number of aromatic nitrogens is 4. The zero-order valence-corrected chi connectivity index (χ0v) is 14.7. The highest BCUT2D eigenvalue weighted by atomic mass is 19.3. The van der Waals surface area contributed by atoms with Crippen LogP contribution < -0.4 is 5.32 Å². The third kappa shape index (κ3) is 3.09. The molecule has 0 radical (unpaired) electrons. The Balaban J connectivity index is 1.82. The average molecular weight is 379 g/mol. The van der Waals surface area contributed by atoms with Crippen molar-refractivity contribution in [3.63, 3.8) is 0 Å². The molecule has 0 aromatic carbocycles. The van der Waals surface area contributed by atoms with E-state index in [0.717, 1.165) is 0 Å². The van der Waals surface area contributed by atoms with E-state index in [1.54, 1.807) is 23.0 Å². The smallest absolute Gasteiger partial charge is 0.406 e. The van der Waals surface area contributed by atoms with Crippen LogP contribution in [0.1, 0.15) is 18.3 Å². The molecule has 144 valence electrons. The largest absolute Gasteiger partial charge is 0.453 e. The van der Waals surface area contributed by atoms with E-state index in [1.807, 2.05) is 0 Å². The summed E-state index contributed by atoms with van der Waals surface area (Å²) in [5, 5.41) is 3.27. The zero-order chi connectivity index (χ0) is 19.0. The molecule has 3 aromatic heterocycles. The molecule has 4 rings (SSSR count). The van der Waals surface area contributed by atoms with Crippen molar-refractivity contribution in [3.8, 4) is 0 Å². The second kappa shape index (κ2) is 6.76. The fourth-order valence-electron chi connectivity index (χ4n) is 3.46. The summed E-state index contributed by atoms with van der Waals surface area (Å²) in [7, 11) is 1.26. The SMILES string of the molecule is COC(=O)NCCc1nc2cnc3[nH]ccc3c2n1C1COCCC1(F)F. The van der Waals surface area contributed by atoms with Gasteiger partial charge in [-0.15, -0.1) is 0 Å². The van der Waals surface area contributed by atoms with Crippen LogP contribution in [0.15, 0.2) is 18.5 Å². The molecule has 8 nitrogen and oxygen atoms in total. The number of nitrogens with one attached hydrogen (secondary N) is 2. The third-order valence-corrected chi connectivity index (χ3v) is 4.77. The quantitative estimate of drug-likeness (QED) is 0.726. The molecule has 1 saturated heterocycles. The predicted molar refractivity (Wildman–Crippen MR) is 92.9 cm³/mol. The van der Waals surface area contributed by atoms with Crippen molar-refractivity contribution in [2.45, 2.75) is 24.8 Å². The van der Waals surface area contributed by atoms with Gasteiger partial charge in [-0.1, -0.05) is 0 Å². The summed E-state index contributed by atoms with van der Waals surface area (Å²) in [5.74, 6) is -2.49. The van der Waals surface area contributed by atoms with Crippen LogP contribution >= 0.6 is 0 Å². The van der Waals surface area contributed by atoms with Gasteiger partial charge in [0.15, 0.2) is 0 Å². The minimum absolute atomic E-state index is 0.0243. The van der Waals surface area contributed by atoms with Gasteiger partial charge in [0.2, 0.25) is 0 Å². The van der Waals surface area contributed by atoms with Crippen molar-refractivity contribution in [3.05, 3.63) is 24.3 Å². The van der Waals surface area contributed by atoms with Crippen molar-refractivity contribution < 1.29 is 23.0 Å². The second-order valence-electron chi connectivity index (χ2n) is 6.40. The number of carbonyl (C=O) groups excluding carboxylic acids is 1. The number of carbonyl (C=O) groups is 1. The lowest BCUT2D eigenvalue weighted by atomic mass is 10.0. The fraction of sp³-hybridized carbons (Fsp3) is 0.471. The lowest BCUT2D eigenvalue weighted by Crippen LogP contribution is -2.40. The maximum absolute atomic E-state index is 14.7. The summed E-state index contributed by atoms with van der Waals surface area (Å²) in [6, 6.07) is 0.617. The molecule has 0 bridgehead atoms. The maximum atomic E-state index is 14.7. The van der Waals surface area contributed by atoms with Gasteiger partial charge in [-0.25, -0.2) is 23.5 Å². The minimum atomic E-state index is -2.93. The number of H-pyrrole nitrogens is 1. The van der Waals surface area contributed by atoms with Crippen molar-refractivity contribution >= 4 is 28.2 Å². The molecule has 0 spiro atoms. The van der Waals surface area contributed by atoms with E-state index in [4.69, 9.17) is 4.74 Å². The molecule has 1 amide bonds. The van der Waals surface area contributed by atoms with Gasteiger partial charge in [-0.3, -0.25) is 0 Å². The molecule has 2 N–H and O–H groups in total. The summed E-state index contributed by atoms with van der Waals surface area (Å²) in [5.41, 5.74) is 1.71. The molecule has 0 aliphatic carbocycles. The van der Waals surface area contributed by atoms with Gasteiger partial charge in [0, 0.05) is 31.0 Å². The van der Waals surface area contributed by atoms with Gasteiger partial charge in [-0.05, 0) is 6.07 Å².